The molecule has 1 atom stereocenters. The summed E-state index contributed by atoms with van der Waals surface area (Å²) in [5.74, 6) is 0.327. The molecule has 1 N–H and O–H groups in total. The van der Waals surface area contributed by atoms with E-state index in [1.165, 1.54) is 0 Å². The number of pyridine rings is 1. The maximum absolute atomic E-state index is 10.0. The molecule has 0 saturated carbocycles. The molecule has 1 unspecified atom stereocenters. The molecule has 3 nitrogen and oxygen atoms in total. The molecular weight excluding hydrogens is 178 g/mol. The van der Waals surface area contributed by atoms with Crippen LogP contribution in [0.4, 0.5) is 0 Å². The van der Waals surface area contributed by atoms with Gasteiger partial charge in [0.1, 0.15) is 0 Å². The smallest absolute Gasteiger partial charge is 0.0834 e. The van der Waals surface area contributed by atoms with Gasteiger partial charge in [-0.25, -0.2) is 0 Å². The van der Waals surface area contributed by atoms with Crippen molar-refractivity contribution in [2.75, 3.05) is 13.2 Å². The molecule has 0 amide bonds. The number of aliphatic hydroxyl groups is 1. The van der Waals surface area contributed by atoms with Crippen LogP contribution in [0, 0.1) is 5.92 Å². The molecule has 0 radical (unpaired) electrons. The first-order valence-corrected chi connectivity index (χ1v) is 5.03. The molecule has 1 fully saturated rings. The van der Waals surface area contributed by atoms with E-state index in [2.05, 4.69) is 4.98 Å². The largest absolute Gasteiger partial charge is 0.388 e. The Kier molecular flexibility index (Phi) is 3.11. The minimum atomic E-state index is -0.382. The monoisotopic (exact) mass is 193 g/mol. The van der Waals surface area contributed by atoms with Crippen LogP contribution in [0.1, 0.15) is 24.5 Å². The molecular formula is C11H15NO2. The van der Waals surface area contributed by atoms with Crippen molar-refractivity contribution in [2.24, 2.45) is 5.92 Å². The van der Waals surface area contributed by atoms with Crippen LogP contribution in [0.3, 0.4) is 0 Å². The van der Waals surface area contributed by atoms with E-state index in [-0.39, 0.29) is 6.10 Å². The second-order valence-electron chi connectivity index (χ2n) is 3.68. The highest BCUT2D eigenvalue weighted by atomic mass is 16.5. The predicted molar refractivity (Wildman–Crippen MR) is 52.7 cm³/mol. The average molecular weight is 193 g/mol. The van der Waals surface area contributed by atoms with Crippen LogP contribution in [-0.2, 0) is 4.74 Å². The van der Waals surface area contributed by atoms with Crippen LogP contribution in [0.2, 0.25) is 0 Å². The third-order valence-corrected chi connectivity index (χ3v) is 2.74. The highest BCUT2D eigenvalue weighted by Gasteiger charge is 2.23. The van der Waals surface area contributed by atoms with Gasteiger partial charge in [0.2, 0.25) is 0 Å². The SMILES string of the molecule is OC(c1cccnc1)C1CCOCC1. The van der Waals surface area contributed by atoms with Crippen LogP contribution >= 0.6 is 0 Å². The van der Waals surface area contributed by atoms with Crippen molar-refractivity contribution in [1.82, 2.24) is 4.98 Å². The molecule has 14 heavy (non-hydrogen) atoms. The van der Waals surface area contributed by atoms with Gasteiger partial charge < -0.3 is 9.84 Å². The van der Waals surface area contributed by atoms with Crippen molar-refractivity contribution in [3.63, 3.8) is 0 Å². The summed E-state index contributed by atoms with van der Waals surface area (Å²) < 4.78 is 5.26. The first-order valence-electron chi connectivity index (χ1n) is 5.03. The van der Waals surface area contributed by atoms with Crippen molar-refractivity contribution >= 4 is 0 Å². The predicted octanol–water partition coefficient (Wildman–Crippen LogP) is 1.54. The Hall–Kier alpha value is -0.930. The summed E-state index contributed by atoms with van der Waals surface area (Å²) in [5, 5.41) is 10.0. The minimum absolute atomic E-state index is 0.327. The summed E-state index contributed by atoms with van der Waals surface area (Å²) in [6.07, 6.45) is 4.96. The fourth-order valence-corrected chi connectivity index (χ4v) is 1.85. The molecule has 0 spiro atoms. The standard InChI is InChI=1S/C11H15NO2/c13-11(9-3-6-14-7-4-9)10-2-1-5-12-8-10/h1-2,5,8-9,11,13H,3-4,6-7H2. The third kappa shape index (κ3) is 2.11. The summed E-state index contributed by atoms with van der Waals surface area (Å²) >= 11 is 0. The molecule has 0 aromatic carbocycles. The molecule has 0 aliphatic carbocycles. The van der Waals surface area contributed by atoms with Crippen LogP contribution in [0.15, 0.2) is 24.5 Å². The Bertz CT molecular complexity index is 270. The van der Waals surface area contributed by atoms with Crippen molar-refractivity contribution in [3.05, 3.63) is 30.1 Å². The van der Waals surface area contributed by atoms with Gasteiger partial charge >= 0.3 is 0 Å². The van der Waals surface area contributed by atoms with Gasteiger partial charge in [-0.2, -0.15) is 0 Å². The maximum atomic E-state index is 10.0. The Morgan fingerprint density at radius 2 is 2.21 bits per heavy atom. The molecule has 76 valence electrons. The summed E-state index contributed by atoms with van der Waals surface area (Å²) in [6, 6.07) is 3.78. The fourth-order valence-electron chi connectivity index (χ4n) is 1.85. The van der Waals surface area contributed by atoms with E-state index >= 15 is 0 Å². The van der Waals surface area contributed by atoms with E-state index in [4.69, 9.17) is 4.74 Å². The number of ether oxygens (including phenoxy) is 1. The summed E-state index contributed by atoms with van der Waals surface area (Å²) in [6.45, 7) is 1.53. The van der Waals surface area contributed by atoms with Crippen LogP contribution in [0.5, 0.6) is 0 Å². The fraction of sp³-hybridized carbons (Fsp3) is 0.545. The average Bonchev–Trinajstić information content (AvgIpc) is 2.30. The zero-order valence-corrected chi connectivity index (χ0v) is 8.10. The van der Waals surface area contributed by atoms with Crippen molar-refractivity contribution in [2.45, 2.75) is 18.9 Å². The Morgan fingerprint density at radius 3 is 2.86 bits per heavy atom. The second-order valence-corrected chi connectivity index (χ2v) is 3.68. The van der Waals surface area contributed by atoms with Gasteiger partial charge in [-0.1, -0.05) is 6.07 Å². The topological polar surface area (TPSA) is 42.4 Å². The first-order chi connectivity index (χ1) is 6.88. The van der Waals surface area contributed by atoms with E-state index in [0.29, 0.717) is 5.92 Å². The number of aliphatic hydroxyl groups excluding tert-OH is 1. The van der Waals surface area contributed by atoms with Gasteiger partial charge in [0.25, 0.3) is 0 Å². The van der Waals surface area contributed by atoms with Gasteiger partial charge in [0.15, 0.2) is 0 Å². The minimum Gasteiger partial charge on any atom is -0.388 e. The summed E-state index contributed by atoms with van der Waals surface area (Å²) in [4.78, 5) is 4.01. The number of rotatable bonds is 2. The van der Waals surface area contributed by atoms with Gasteiger partial charge in [-0.15, -0.1) is 0 Å². The lowest BCUT2D eigenvalue weighted by Gasteiger charge is -2.26. The third-order valence-electron chi connectivity index (χ3n) is 2.74. The van der Waals surface area contributed by atoms with E-state index in [1.807, 2.05) is 12.1 Å². The van der Waals surface area contributed by atoms with E-state index in [1.54, 1.807) is 12.4 Å². The lowest BCUT2D eigenvalue weighted by Crippen LogP contribution is -2.21. The summed E-state index contributed by atoms with van der Waals surface area (Å²) in [7, 11) is 0. The quantitative estimate of drug-likeness (QED) is 0.774. The molecule has 1 saturated heterocycles. The van der Waals surface area contributed by atoms with E-state index in [9.17, 15) is 5.11 Å². The van der Waals surface area contributed by atoms with Gasteiger partial charge in [0.05, 0.1) is 6.10 Å². The second kappa shape index (κ2) is 4.53. The Labute approximate surface area is 83.7 Å². The van der Waals surface area contributed by atoms with Gasteiger partial charge in [-0.05, 0) is 30.4 Å². The molecule has 3 heteroatoms. The molecule has 1 aliphatic heterocycles. The molecule has 0 bridgehead atoms. The molecule has 2 heterocycles. The van der Waals surface area contributed by atoms with Crippen LogP contribution in [-0.4, -0.2) is 23.3 Å². The maximum Gasteiger partial charge on any atom is 0.0834 e. The molecule has 1 aromatic rings. The van der Waals surface area contributed by atoms with Crippen LogP contribution in [0.25, 0.3) is 0 Å². The van der Waals surface area contributed by atoms with Crippen molar-refractivity contribution in [1.29, 1.82) is 0 Å². The number of hydrogen-bond donors (Lipinski definition) is 1. The van der Waals surface area contributed by atoms with Gasteiger partial charge in [0, 0.05) is 25.6 Å². The van der Waals surface area contributed by atoms with Crippen molar-refractivity contribution < 1.29 is 9.84 Å². The number of aromatic nitrogens is 1. The normalized spacial score (nSPS) is 20.6. The van der Waals surface area contributed by atoms with Gasteiger partial charge in [-0.3, -0.25) is 4.98 Å². The lowest BCUT2D eigenvalue weighted by molar-refractivity contribution is 0.00706. The Morgan fingerprint density at radius 1 is 1.43 bits per heavy atom. The van der Waals surface area contributed by atoms with Crippen LogP contribution < -0.4 is 0 Å². The summed E-state index contributed by atoms with van der Waals surface area (Å²) in [5.41, 5.74) is 0.916. The first kappa shape index (κ1) is 9.62. The highest BCUT2D eigenvalue weighted by Crippen LogP contribution is 2.29. The molecule has 2 rings (SSSR count). The zero-order valence-electron chi connectivity index (χ0n) is 8.10. The van der Waals surface area contributed by atoms with E-state index in [0.717, 1.165) is 31.6 Å². The van der Waals surface area contributed by atoms with E-state index < -0.39 is 0 Å². The lowest BCUT2D eigenvalue weighted by atomic mass is 9.90. The number of hydrogen-bond acceptors (Lipinski definition) is 3. The zero-order chi connectivity index (χ0) is 9.80. The highest BCUT2D eigenvalue weighted by molar-refractivity contribution is 5.12. The Balaban J connectivity index is 2.03. The molecule has 1 aliphatic rings. The van der Waals surface area contributed by atoms with Crippen molar-refractivity contribution in [3.8, 4) is 0 Å². The molecule has 1 aromatic heterocycles. The number of nitrogens with zero attached hydrogens (tertiary/aromatic N) is 1.